The molecule has 0 aliphatic carbocycles. The number of carboxylic acids is 1. The number of ether oxygens (including phenoxy) is 1. The van der Waals surface area contributed by atoms with Crippen LogP contribution in [0.15, 0.2) is 45.7 Å². The lowest BCUT2D eigenvalue weighted by Gasteiger charge is -2.20. The van der Waals surface area contributed by atoms with Crippen molar-refractivity contribution in [2.45, 2.75) is 73.0 Å². The summed E-state index contributed by atoms with van der Waals surface area (Å²) in [6, 6.07) is 10.5. The summed E-state index contributed by atoms with van der Waals surface area (Å²) in [5.41, 5.74) is 3.26. The molecule has 41 heavy (non-hydrogen) atoms. The minimum absolute atomic E-state index is 0.0417. The van der Waals surface area contributed by atoms with E-state index < -0.39 is 12.0 Å². The molecule has 0 spiro atoms. The number of pyridine rings is 1. The van der Waals surface area contributed by atoms with Crippen molar-refractivity contribution in [1.29, 1.82) is 0 Å². The van der Waals surface area contributed by atoms with Crippen molar-refractivity contribution in [2.24, 2.45) is 5.92 Å². The lowest BCUT2D eigenvalue weighted by Crippen LogP contribution is -2.44. The molecule has 3 N–H and O–H groups in total. The van der Waals surface area contributed by atoms with Gasteiger partial charge in [0, 0.05) is 25.4 Å². The number of methoxy groups -OCH3 is 1. The second-order valence-electron chi connectivity index (χ2n) is 11.0. The summed E-state index contributed by atoms with van der Waals surface area (Å²) in [6.07, 6.45) is 1.61. The molecule has 3 heterocycles. The van der Waals surface area contributed by atoms with Gasteiger partial charge in [-0.15, -0.1) is 0 Å². The normalized spacial score (nSPS) is 14.2. The van der Waals surface area contributed by atoms with Crippen LogP contribution in [0.3, 0.4) is 0 Å². The summed E-state index contributed by atoms with van der Waals surface area (Å²) >= 11 is 0. The highest BCUT2D eigenvalue weighted by molar-refractivity contribution is 5.86. The molecule has 1 aromatic carbocycles. The zero-order chi connectivity index (χ0) is 31.2. The molecule has 0 radical (unpaired) electrons. The fraction of sp³-hybridized carbons (Fsp3) is 0.500. The average molecular weight is 573 g/mol. The summed E-state index contributed by atoms with van der Waals surface area (Å²) in [5.74, 6) is -0.496. The number of H-pyrrole nitrogens is 1. The molecule has 2 aromatic heterocycles. The third kappa shape index (κ3) is 12.4. The molecule has 3 aromatic rings. The highest BCUT2D eigenvalue weighted by atomic mass is 16.5. The summed E-state index contributed by atoms with van der Waals surface area (Å²) < 4.78 is 9.91. The molecule has 1 atom stereocenters. The maximum atomic E-state index is 11.8. The molecular weight excluding hydrogens is 528 g/mol. The first-order chi connectivity index (χ1) is 19.2. The van der Waals surface area contributed by atoms with E-state index >= 15 is 0 Å². The zero-order valence-electron chi connectivity index (χ0n) is 25.3. The predicted molar refractivity (Wildman–Crippen MR) is 159 cm³/mol. The topological polar surface area (TPSA) is 155 Å². The number of fused-ring (bicyclic) bond motifs is 1. The van der Waals surface area contributed by atoms with Gasteiger partial charge in [0.05, 0.1) is 12.1 Å². The number of carbonyl (C=O) groups excluding carboxylic acids is 2. The van der Waals surface area contributed by atoms with Gasteiger partial charge in [0.25, 0.3) is 0 Å². The number of likely N-dealkylation sites (tertiary alicyclic amines) is 1. The van der Waals surface area contributed by atoms with Gasteiger partial charge in [0.15, 0.2) is 0 Å². The van der Waals surface area contributed by atoms with Crippen molar-refractivity contribution in [2.75, 3.05) is 20.2 Å². The second kappa shape index (κ2) is 17.0. The number of aromatic amines is 1. The number of nitrogens with zero attached hydrogens (tertiary/aromatic N) is 2. The zero-order valence-corrected chi connectivity index (χ0v) is 25.3. The number of aryl methyl sites for hydroxylation is 1. The van der Waals surface area contributed by atoms with Crippen LogP contribution in [0, 0.1) is 12.8 Å². The molecule has 11 nitrogen and oxygen atoms in total. The average Bonchev–Trinajstić information content (AvgIpc) is 3.56. The smallest absolute Gasteiger partial charge is 0.326 e. The van der Waals surface area contributed by atoms with Gasteiger partial charge in [0.2, 0.25) is 23.3 Å². The number of benzene rings is 1. The summed E-state index contributed by atoms with van der Waals surface area (Å²) in [4.78, 5) is 48.3. The standard InChI is InChI=1S/C13H10N2O2.C8H12N2O4.C5H12O.C4H10/c1-8-12-13(17-15-8)11(16)7-10(14-12)9-5-3-2-4-6-9;11-5-9-4-7(12)10-3-1-2-6(10)8(13)14;1-5(2,3)6-4;1-4(2)3/h2-7H,1H3,(H,14,16);5-6H,1-4H2,(H,9,11)(H,13,14);1-4H3;4H,1-3H3. The highest BCUT2D eigenvalue weighted by Crippen LogP contribution is 2.19. The molecule has 1 saturated heterocycles. The SMILES string of the molecule is CC(C)C.COC(C)(C)C.Cc1noc2c(=O)cc(-c3ccccc3)[nH]c12.O=CNCC(=O)N1CCCC1C(=O)O. The Morgan fingerprint density at radius 3 is 2.34 bits per heavy atom. The summed E-state index contributed by atoms with van der Waals surface area (Å²) in [5, 5.41) is 14.8. The van der Waals surface area contributed by atoms with Crippen LogP contribution < -0.4 is 10.7 Å². The third-order valence-electron chi connectivity index (χ3n) is 5.51. The maximum absolute atomic E-state index is 11.8. The van der Waals surface area contributed by atoms with Gasteiger partial charge in [-0.05, 0) is 52.0 Å². The Morgan fingerprint density at radius 1 is 1.24 bits per heavy atom. The number of amides is 2. The van der Waals surface area contributed by atoms with E-state index in [-0.39, 0.29) is 29.1 Å². The number of carboxylic acid groups (broad SMARTS) is 1. The third-order valence-corrected chi connectivity index (χ3v) is 5.51. The van der Waals surface area contributed by atoms with Crippen molar-refractivity contribution in [3.8, 4) is 11.3 Å². The molecular formula is C30H44N4O7. The van der Waals surface area contributed by atoms with E-state index in [9.17, 15) is 19.2 Å². The van der Waals surface area contributed by atoms with Gasteiger partial charge in [-0.25, -0.2) is 4.79 Å². The Morgan fingerprint density at radius 2 is 1.83 bits per heavy atom. The number of aliphatic carboxylic acids is 1. The molecule has 4 rings (SSSR count). The maximum Gasteiger partial charge on any atom is 0.326 e. The van der Waals surface area contributed by atoms with Gasteiger partial charge in [-0.1, -0.05) is 56.3 Å². The minimum atomic E-state index is -0.984. The Hall–Kier alpha value is -3.99. The van der Waals surface area contributed by atoms with E-state index in [4.69, 9.17) is 14.4 Å². The highest BCUT2D eigenvalue weighted by Gasteiger charge is 2.33. The van der Waals surface area contributed by atoms with Gasteiger partial charge in [0.1, 0.15) is 17.3 Å². The lowest BCUT2D eigenvalue weighted by molar-refractivity contribution is -0.147. The number of hydrogen-bond acceptors (Lipinski definition) is 7. The monoisotopic (exact) mass is 572 g/mol. The van der Waals surface area contributed by atoms with E-state index in [0.717, 1.165) is 17.2 Å². The van der Waals surface area contributed by atoms with Crippen LogP contribution in [-0.2, 0) is 19.1 Å². The molecule has 11 heteroatoms. The number of aromatic nitrogens is 2. The van der Waals surface area contributed by atoms with Gasteiger partial charge in [-0.2, -0.15) is 0 Å². The molecule has 226 valence electrons. The first kappa shape index (κ1) is 35.0. The Bertz CT molecular complexity index is 1290. The van der Waals surface area contributed by atoms with Crippen LogP contribution in [-0.4, -0.2) is 70.3 Å². The molecule has 1 fully saturated rings. The summed E-state index contributed by atoms with van der Waals surface area (Å²) in [6.45, 7) is 14.7. The van der Waals surface area contributed by atoms with Gasteiger partial charge in [-0.3, -0.25) is 14.4 Å². The van der Waals surface area contributed by atoms with Crippen LogP contribution in [0.1, 0.15) is 60.1 Å². The first-order valence-electron chi connectivity index (χ1n) is 13.5. The molecule has 1 aliphatic rings. The largest absolute Gasteiger partial charge is 0.480 e. The van der Waals surface area contributed by atoms with E-state index in [1.165, 1.54) is 11.0 Å². The van der Waals surface area contributed by atoms with E-state index in [2.05, 4.69) is 36.2 Å². The van der Waals surface area contributed by atoms with Crippen molar-refractivity contribution in [3.63, 3.8) is 0 Å². The van der Waals surface area contributed by atoms with E-state index in [1.807, 2.05) is 51.1 Å². The van der Waals surface area contributed by atoms with Crippen LogP contribution >= 0.6 is 0 Å². The molecule has 1 aliphatic heterocycles. The lowest BCUT2D eigenvalue weighted by atomic mass is 10.1. The number of hydrogen-bond donors (Lipinski definition) is 3. The van der Waals surface area contributed by atoms with Crippen molar-refractivity contribution in [3.05, 3.63) is 52.3 Å². The molecule has 1 unspecified atom stereocenters. The Kier molecular flexibility index (Phi) is 14.5. The Balaban J connectivity index is 0.000000314. The second-order valence-corrected chi connectivity index (χ2v) is 11.0. The van der Waals surface area contributed by atoms with Gasteiger partial charge >= 0.3 is 5.97 Å². The van der Waals surface area contributed by atoms with E-state index in [0.29, 0.717) is 37.0 Å². The van der Waals surface area contributed by atoms with Crippen LogP contribution in [0.2, 0.25) is 0 Å². The fourth-order valence-corrected chi connectivity index (χ4v) is 3.38. The van der Waals surface area contributed by atoms with E-state index in [1.54, 1.807) is 14.0 Å². The number of nitrogens with one attached hydrogen (secondary N) is 2. The van der Waals surface area contributed by atoms with Crippen molar-refractivity contribution in [1.82, 2.24) is 20.4 Å². The van der Waals surface area contributed by atoms with Crippen LogP contribution in [0.4, 0.5) is 0 Å². The van der Waals surface area contributed by atoms with Gasteiger partial charge < -0.3 is 29.6 Å². The predicted octanol–water partition coefficient (Wildman–Crippen LogP) is 4.39. The van der Waals surface area contributed by atoms with Crippen LogP contribution in [0.25, 0.3) is 22.4 Å². The molecule has 2 amide bonds. The van der Waals surface area contributed by atoms with Crippen molar-refractivity contribution >= 4 is 29.4 Å². The van der Waals surface area contributed by atoms with Crippen LogP contribution in [0.5, 0.6) is 0 Å². The molecule has 0 saturated carbocycles. The quantitative estimate of drug-likeness (QED) is 0.380. The number of rotatable bonds is 5. The minimum Gasteiger partial charge on any atom is -0.480 e. The fourth-order valence-electron chi connectivity index (χ4n) is 3.38. The summed E-state index contributed by atoms with van der Waals surface area (Å²) in [7, 11) is 1.71. The Labute approximate surface area is 241 Å². The van der Waals surface area contributed by atoms with Crippen molar-refractivity contribution < 1.29 is 28.8 Å². The molecule has 0 bridgehead atoms. The number of carbonyl (C=O) groups is 3. The first-order valence-corrected chi connectivity index (χ1v) is 13.5.